The van der Waals surface area contributed by atoms with Gasteiger partial charge in [-0.1, -0.05) is 41.4 Å². The van der Waals surface area contributed by atoms with E-state index in [0.29, 0.717) is 21.5 Å². The van der Waals surface area contributed by atoms with E-state index in [0.717, 1.165) is 22.4 Å². The summed E-state index contributed by atoms with van der Waals surface area (Å²) in [5.41, 5.74) is 4.75. The first-order chi connectivity index (χ1) is 15.0. The minimum atomic E-state index is -0.538. The summed E-state index contributed by atoms with van der Waals surface area (Å²) in [5, 5.41) is 18.9. The Bertz CT molecular complexity index is 1480. The smallest absolute Gasteiger partial charge is 0.295 e. The lowest BCUT2D eigenvalue weighted by Gasteiger charge is -1.96. The third kappa shape index (κ3) is 3.55. The number of carbonyl (C=O) groups excluding carboxylic acids is 1. The summed E-state index contributed by atoms with van der Waals surface area (Å²) in [6, 6.07) is 18.2. The van der Waals surface area contributed by atoms with Crippen LogP contribution in [0.4, 0.5) is 5.69 Å². The molecule has 3 N–H and O–H groups in total. The second kappa shape index (κ2) is 7.37. The molecule has 0 bridgehead atoms. The number of azo groups is 1. The molecule has 5 rings (SSSR count). The van der Waals surface area contributed by atoms with Crippen molar-refractivity contribution >= 4 is 45.1 Å². The predicted octanol–water partition coefficient (Wildman–Crippen LogP) is 6.30. The van der Waals surface area contributed by atoms with Crippen molar-refractivity contribution < 1.29 is 9.90 Å². The van der Waals surface area contributed by atoms with Crippen LogP contribution in [0.1, 0.15) is 15.9 Å². The van der Waals surface area contributed by atoms with Crippen molar-refractivity contribution in [2.45, 2.75) is 6.92 Å². The van der Waals surface area contributed by atoms with E-state index in [2.05, 4.69) is 25.2 Å². The van der Waals surface area contributed by atoms with Gasteiger partial charge in [0.25, 0.3) is 5.91 Å². The Morgan fingerprint density at radius 3 is 2.61 bits per heavy atom. The summed E-state index contributed by atoms with van der Waals surface area (Å²) in [6.45, 7) is 2.03. The van der Waals surface area contributed by atoms with Gasteiger partial charge in [0.1, 0.15) is 5.82 Å². The van der Waals surface area contributed by atoms with E-state index in [-0.39, 0.29) is 11.6 Å². The molecule has 0 aliphatic rings. The van der Waals surface area contributed by atoms with Gasteiger partial charge in [0.2, 0.25) is 5.88 Å². The number of carbonyl (C=O) groups is 1. The lowest BCUT2D eigenvalue weighted by molar-refractivity contribution is 0.0995. The van der Waals surface area contributed by atoms with Crippen LogP contribution in [0.5, 0.6) is 5.88 Å². The lowest BCUT2D eigenvalue weighted by atomic mass is 10.1. The van der Waals surface area contributed by atoms with Gasteiger partial charge >= 0.3 is 0 Å². The molecule has 2 heterocycles. The maximum absolute atomic E-state index is 12.6. The summed E-state index contributed by atoms with van der Waals surface area (Å²) in [7, 11) is 0. The predicted molar refractivity (Wildman–Crippen MR) is 120 cm³/mol. The first kappa shape index (κ1) is 19.0. The highest BCUT2D eigenvalue weighted by atomic mass is 35.5. The van der Waals surface area contributed by atoms with E-state index in [4.69, 9.17) is 11.6 Å². The topological polar surface area (TPSA) is 106 Å². The first-order valence-electron chi connectivity index (χ1n) is 9.51. The monoisotopic (exact) mass is 429 g/mol. The average molecular weight is 430 g/mol. The lowest BCUT2D eigenvalue weighted by Crippen LogP contribution is -1.93. The molecule has 152 valence electrons. The zero-order valence-electron chi connectivity index (χ0n) is 16.3. The van der Waals surface area contributed by atoms with E-state index < -0.39 is 5.91 Å². The van der Waals surface area contributed by atoms with Crippen LogP contribution in [0.15, 0.2) is 70.9 Å². The van der Waals surface area contributed by atoms with Gasteiger partial charge in [-0.25, -0.2) is 4.98 Å². The van der Waals surface area contributed by atoms with Crippen LogP contribution in [-0.2, 0) is 0 Å². The summed E-state index contributed by atoms with van der Waals surface area (Å²) >= 11 is 6.02. The van der Waals surface area contributed by atoms with Crippen LogP contribution in [0, 0.1) is 6.92 Å². The number of hydrogen-bond donors (Lipinski definition) is 3. The normalized spacial score (nSPS) is 11.7. The van der Waals surface area contributed by atoms with Crippen LogP contribution in [-0.4, -0.2) is 26.0 Å². The van der Waals surface area contributed by atoms with Crippen molar-refractivity contribution in [1.29, 1.82) is 0 Å². The second-order valence-electron chi connectivity index (χ2n) is 7.20. The number of hydrogen-bond acceptors (Lipinski definition) is 4. The number of rotatable bonds is 3. The fourth-order valence-electron chi connectivity index (χ4n) is 3.38. The first-order valence-corrected chi connectivity index (χ1v) is 9.89. The molecule has 8 heteroatoms. The van der Waals surface area contributed by atoms with E-state index in [9.17, 15) is 9.90 Å². The van der Waals surface area contributed by atoms with E-state index in [1.165, 1.54) is 5.56 Å². The van der Waals surface area contributed by atoms with Gasteiger partial charge < -0.3 is 15.1 Å². The Morgan fingerprint density at radius 2 is 1.81 bits per heavy atom. The van der Waals surface area contributed by atoms with E-state index in [1.807, 2.05) is 31.2 Å². The number of aromatic hydroxyl groups is 1. The van der Waals surface area contributed by atoms with Gasteiger partial charge in [-0.2, -0.15) is 0 Å². The molecule has 0 unspecified atom stereocenters. The maximum Gasteiger partial charge on any atom is 0.295 e. The fraction of sp³-hybridized carbons (Fsp3) is 0.0435. The van der Waals surface area contributed by atoms with Crippen molar-refractivity contribution in [2.75, 3.05) is 0 Å². The second-order valence-corrected chi connectivity index (χ2v) is 7.64. The van der Waals surface area contributed by atoms with Crippen molar-refractivity contribution in [2.24, 2.45) is 10.2 Å². The van der Waals surface area contributed by atoms with Crippen LogP contribution < -0.4 is 0 Å². The molecule has 7 nitrogen and oxygen atoms in total. The molecular weight excluding hydrogens is 414 g/mol. The zero-order chi connectivity index (χ0) is 21.5. The highest BCUT2D eigenvalue weighted by Crippen LogP contribution is 2.36. The van der Waals surface area contributed by atoms with Crippen molar-refractivity contribution in [3.05, 3.63) is 76.8 Å². The molecule has 2 aromatic heterocycles. The molecule has 0 radical (unpaired) electrons. The third-order valence-corrected chi connectivity index (χ3v) is 5.24. The number of H-pyrrole nitrogens is 2. The number of halogens is 1. The van der Waals surface area contributed by atoms with Gasteiger partial charge in [-0.3, -0.25) is 4.79 Å². The Labute approximate surface area is 181 Å². The third-order valence-electron chi connectivity index (χ3n) is 5.01. The van der Waals surface area contributed by atoms with Crippen LogP contribution in [0.3, 0.4) is 0 Å². The summed E-state index contributed by atoms with van der Waals surface area (Å²) in [5.74, 6) is 0.00607. The fourth-order valence-corrected chi connectivity index (χ4v) is 3.55. The number of aromatic nitrogens is 3. The van der Waals surface area contributed by atoms with Crippen LogP contribution in [0.25, 0.3) is 33.3 Å². The van der Waals surface area contributed by atoms with Crippen LogP contribution >= 0.6 is 11.6 Å². The molecule has 0 fully saturated rings. The minimum Gasteiger partial charge on any atom is -0.493 e. The molecule has 0 atom stereocenters. The number of nitrogens with zero attached hydrogens (tertiary/aromatic N) is 3. The Balaban J connectivity index is 1.45. The average Bonchev–Trinajstić information content (AvgIpc) is 3.32. The SMILES string of the molecule is Cc1ccc(-c2nc3ccc(C(=O)N=Nc4c(O)[nH]c5ccc(Cl)cc45)cc3[nH]2)cc1. The number of aromatic amines is 2. The quantitative estimate of drug-likeness (QED) is 0.293. The summed E-state index contributed by atoms with van der Waals surface area (Å²) < 4.78 is 0. The molecule has 0 saturated heterocycles. The van der Waals surface area contributed by atoms with Gasteiger partial charge in [0, 0.05) is 21.5 Å². The largest absolute Gasteiger partial charge is 0.493 e. The number of fused-ring (bicyclic) bond motifs is 2. The minimum absolute atomic E-state index is 0.162. The molecule has 5 aromatic rings. The van der Waals surface area contributed by atoms with Crippen LogP contribution in [0.2, 0.25) is 5.02 Å². The molecule has 0 aliphatic heterocycles. The van der Waals surface area contributed by atoms with Gasteiger partial charge in [-0.15, -0.1) is 10.2 Å². The van der Waals surface area contributed by atoms with E-state index in [1.54, 1.807) is 36.4 Å². The number of amides is 1. The number of nitrogens with one attached hydrogen (secondary N) is 2. The molecule has 31 heavy (non-hydrogen) atoms. The maximum atomic E-state index is 12.6. The van der Waals surface area contributed by atoms with Gasteiger partial charge in [0.15, 0.2) is 5.69 Å². The number of imidazole rings is 1. The number of benzene rings is 3. The van der Waals surface area contributed by atoms with Crippen molar-refractivity contribution in [3.63, 3.8) is 0 Å². The summed E-state index contributed by atoms with van der Waals surface area (Å²) in [4.78, 5) is 23.2. The van der Waals surface area contributed by atoms with Crippen molar-refractivity contribution in [3.8, 4) is 17.3 Å². The standard InChI is InChI=1S/C23H16ClN5O2/c1-12-2-4-13(5-3-12)21-25-18-8-6-14(10-19(18)26-21)22(30)29-28-20-16-11-15(24)7-9-17(16)27-23(20)31/h2-11,27,31H,1H3,(H,25,26). The van der Waals surface area contributed by atoms with E-state index >= 15 is 0 Å². The molecular formula is C23H16ClN5O2. The molecule has 0 spiro atoms. The molecule has 3 aromatic carbocycles. The molecule has 0 saturated carbocycles. The Morgan fingerprint density at radius 1 is 1.00 bits per heavy atom. The van der Waals surface area contributed by atoms with Crippen molar-refractivity contribution in [1.82, 2.24) is 15.0 Å². The summed E-state index contributed by atoms with van der Waals surface area (Å²) in [6.07, 6.45) is 0. The van der Waals surface area contributed by atoms with Gasteiger partial charge in [0.05, 0.1) is 16.6 Å². The Hall–Kier alpha value is -3.97. The highest BCUT2D eigenvalue weighted by Gasteiger charge is 2.13. The zero-order valence-corrected chi connectivity index (χ0v) is 17.1. The van der Waals surface area contributed by atoms with Gasteiger partial charge in [-0.05, 0) is 43.3 Å². The molecule has 0 aliphatic carbocycles. The molecule has 1 amide bonds. The Kier molecular flexibility index (Phi) is 4.52. The number of aryl methyl sites for hydroxylation is 1. The highest BCUT2D eigenvalue weighted by molar-refractivity contribution is 6.31.